The lowest BCUT2D eigenvalue weighted by atomic mass is 9.89. The Bertz CT molecular complexity index is 864. The SMILES string of the molecule is CCC1=CCC(c2ccc3oc4ccccc4c3c2)C=C1. The molecule has 1 heteroatoms. The highest BCUT2D eigenvalue weighted by molar-refractivity contribution is 6.05. The van der Waals surface area contributed by atoms with E-state index in [-0.39, 0.29) is 0 Å². The standard InChI is InChI=1S/C20H18O/c1-2-14-7-9-15(10-8-14)16-11-12-20-18(13-16)17-5-3-4-6-19(17)21-20/h3-9,11-13,15H,2,10H2,1H3. The molecule has 1 aliphatic carbocycles. The highest BCUT2D eigenvalue weighted by atomic mass is 16.3. The van der Waals surface area contributed by atoms with Crippen molar-refractivity contribution in [2.24, 2.45) is 0 Å². The number of hydrogen-bond acceptors (Lipinski definition) is 1. The molecule has 0 bridgehead atoms. The molecule has 0 aliphatic heterocycles. The first kappa shape index (κ1) is 12.5. The predicted molar refractivity (Wildman–Crippen MR) is 88.6 cm³/mol. The summed E-state index contributed by atoms with van der Waals surface area (Å²) in [6.07, 6.45) is 9.19. The van der Waals surface area contributed by atoms with Crippen LogP contribution in [-0.4, -0.2) is 0 Å². The highest BCUT2D eigenvalue weighted by Gasteiger charge is 2.13. The van der Waals surface area contributed by atoms with Gasteiger partial charge in [-0.05, 0) is 36.6 Å². The van der Waals surface area contributed by atoms with E-state index in [9.17, 15) is 0 Å². The van der Waals surface area contributed by atoms with Crippen molar-refractivity contribution >= 4 is 21.9 Å². The number of para-hydroxylation sites is 1. The van der Waals surface area contributed by atoms with Gasteiger partial charge in [-0.15, -0.1) is 0 Å². The lowest BCUT2D eigenvalue weighted by Crippen LogP contribution is -1.98. The second-order valence-corrected chi connectivity index (χ2v) is 5.69. The summed E-state index contributed by atoms with van der Waals surface area (Å²) in [5.74, 6) is 0.485. The van der Waals surface area contributed by atoms with Crippen LogP contribution in [-0.2, 0) is 0 Å². The zero-order valence-corrected chi connectivity index (χ0v) is 12.2. The molecule has 1 heterocycles. The Morgan fingerprint density at radius 1 is 1.05 bits per heavy atom. The van der Waals surface area contributed by atoms with E-state index in [0.29, 0.717) is 5.92 Å². The molecule has 0 fully saturated rings. The Balaban J connectivity index is 1.79. The van der Waals surface area contributed by atoms with Gasteiger partial charge in [-0.3, -0.25) is 0 Å². The monoisotopic (exact) mass is 274 g/mol. The van der Waals surface area contributed by atoms with Gasteiger partial charge in [-0.25, -0.2) is 0 Å². The molecule has 4 rings (SSSR count). The highest BCUT2D eigenvalue weighted by Crippen LogP contribution is 2.33. The second-order valence-electron chi connectivity index (χ2n) is 5.69. The minimum Gasteiger partial charge on any atom is -0.456 e. The molecule has 3 aromatic rings. The number of fused-ring (bicyclic) bond motifs is 3. The van der Waals surface area contributed by atoms with Crippen molar-refractivity contribution < 1.29 is 4.42 Å². The Morgan fingerprint density at radius 2 is 1.90 bits per heavy atom. The first-order valence-corrected chi connectivity index (χ1v) is 7.63. The van der Waals surface area contributed by atoms with Crippen molar-refractivity contribution in [2.45, 2.75) is 25.7 Å². The number of rotatable bonds is 2. The first-order chi connectivity index (χ1) is 10.3. The zero-order valence-electron chi connectivity index (χ0n) is 12.2. The number of allylic oxidation sites excluding steroid dienone is 4. The van der Waals surface area contributed by atoms with E-state index < -0.39 is 0 Å². The Kier molecular flexibility index (Phi) is 2.92. The van der Waals surface area contributed by atoms with Crippen molar-refractivity contribution in [1.29, 1.82) is 0 Å². The number of benzene rings is 2. The van der Waals surface area contributed by atoms with E-state index in [2.05, 4.69) is 55.5 Å². The largest absolute Gasteiger partial charge is 0.456 e. The third-order valence-corrected chi connectivity index (χ3v) is 4.41. The average Bonchev–Trinajstić information content (AvgIpc) is 2.93. The van der Waals surface area contributed by atoms with Gasteiger partial charge in [0.25, 0.3) is 0 Å². The van der Waals surface area contributed by atoms with Crippen LogP contribution in [0.3, 0.4) is 0 Å². The zero-order chi connectivity index (χ0) is 14.2. The summed E-state index contributed by atoms with van der Waals surface area (Å²) < 4.78 is 5.90. The van der Waals surface area contributed by atoms with Crippen LogP contribution in [0.4, 0.5) is 0 Å². The van der Waals surface area contributed by atoms with E-state index in [1.165, 1.54) is 21.9 Å². The lowest BCUT2D eigenvalue weighted by Gasteiger charge is -2.16. The summed E-state index contributed by atoms with van der Waals surface area (Å²) in [6, 6.07) is 14.9. The second kappa shape index (κ2) is 4.92. The topological polar surface area (TPSA) is 13.1 Å². The molecule has 1 nitrogen and oxygen atoms in total. The van der Waals surface area contributed by atoms with Crippen LogP contribution in [0.5, 0.6) is 0 Å². The van der Waals surface area contributed by atoms with Gasteiger partial charge in [0.05, 0.1) is 0 Å². The van der Waals surface area contributed by atoms with E-state index >= 15 is 0 Å². The van der Waals surface area contributed by atoms with Crippen LogP contribution in [0.15, 0.2) is 70.7 Å². The number of hydrogen-bond donors (Lipinski definition) is 0. The molecule has 2 aromatic carbocycles. The molecular formula is C20H18O. The van der Waals surface area contributed by atoms with Crippen molar-refractivity contribution in [3.8, 4) is 0 Å². The Morgan fingerprint density at radius 3 is 2.71 bits per heavy atom. The fraction of sp³-hybridized carbons (Fsp3) is 0.200. The Labute approximate surface area is 124 Å². The molecule has 1 aliphatic rings. The molecule has 0 radical (unpaired) electrons. The predicted octanol–water partition coefficient (Wildman–Crippen LogP) is 5.97. The van der Waals surface area contributed by atoms with Crippen LogP contribution < -0.4 is 0 Å². The molecule has 104 valence electrons. The summed E-state index contributed by atoms with van der Waals surface area (Å²) in [7, 11) is 0. The van der Waals surface area contributed by atoms with Crippen LogP contribution in [0.1, 0.15) is 31.2 Å². The average molecular weight is 274 g/mol. The van der Waals surface area contributed by atoms with Gasteiger partial charge in [0.2, 0.25) is 0 Å². The summed E-state index contributed by atoms with van der Waals surface area (Å²) >= 11 is 0. The Hall–Kier alpha value is -2.28. The van der Waals surface area contributed by atoms with E-state index in [1.54, 1.807) is 0 Å². The van der Waals surface area contributed by atoms with Crippen molar-refractivity contribution in [3.05, 3.63) is 71.8 Å². The van der Waals surface area contributed by atoms with Crippen LogP contribution in [0.25, 0.3) is 21.9 Å². The van der Waals surface area contributed by atoms with E-state index in [1.807, 2.05) is 12.1 Å². The molecule has 0 saturated carbocycles. The smallest absolute Gasteiger partial charge is 0.135 e. The van der Waals surface area contributed by atoms with E-state index in [4.69, 9.17) is 4.42 Å². The summed E-state index contributed by atoms with van der Waals surface area (Å²) in [4.78, 5) is 0. The first-order valence-electron chi connectivity index (χ1n) is 7.63. The van der Waals surface area contributed by atoms with Crippen LogP contribution >= 0.6 is 0 Å². The van der Waals surface area contributed by atoms with Crippen LogP contribution in [0.2, 0.25) is 0 Å². The molecule has 0 N–H and O–H groups in total. The van der Waals surface area contributed by atoms with Gasteiger partial charge in [-0.1, -0.05) is 55.0 Å². The van der Waals surface area contributed by atoms with Gasteiger partial charge in [0, 0.05) is 16.7 Å². The quantitative estimate of drug-likeness (QED) is 0.561. The third-order valence-electron chi connectivity index (χ3n) is 4.41. The van der Waals surface area contributed by atoms with Gasteiger partial charge in [0.15, 0.2) is 0 Å². The minimum atomic E-state index is 0.485. The molecule has 0 saturated heterocycles. The normalized spacial score (nSPS) is 18.3. The fourth-order valence-electron chi connectivity index (χ4n) is 3.15. The van der Waals surface area contributed by atoms with Gasteiger partial charge >= 0.3 is 0 Å². The molecule has 21 heavy (non-hydrogen) atoms. The number of furan rings is 1. The molecule has 1 unspecified atom stereocenters. The maximum atomic E-state index is 5.90. The van der Waals surface area contributed by atoms with Gasteiger partial charge < -0.3 is 4.42 Å². The van der Waals surface area contributed by atoms with Crippen molar-refractivity contribution in [1.82, 2.24) is 0 Å². The summed E-state index contributed by atoms with van der Waals surface area (Å²) in [5, 5.41) is 2.43. The molecule has 0 amide bonds. The lowest BCUT2D eigenvalue weighted by molar-refractivity contribution is 0.668. The maximum absolute atomic E-state index is 5.90. The maximum Gasteiger partial charge on any atom is 0.135 e. The summed E-state index contributed by atoms with van der Waals surface area (Å²) in [5.41, 5.74) is 4.76. The van der Waals surface area contributed by atoms with E-state index in [0.717, 1.165) is 24.0 Å². The van der Waals surface area contributed by atoms with Crippen LogP contribution in [0, 0.1) is 0 Å². The molecular weight excluding hydrogens is 256 g/mol. The molecule has 0 spiro atoms. The van der Waals surface area contributed by atoms with Crippen molar-refractivity contribution in [3.63, 3.8) is 0 Å². The molecule has 1 atom stereocenters. The summed E-state index contributed by atoms with van der Waals surface area (Å²) in [6.45, 7) is 2.21. The van der Waals surface area contributed by atoms with Gasteiger partial charge in [-0.2, -0.15) is 0 Å². The fourth-order valence-corrected chi connectivity index (χ4v) is 3.15. The molecule has 1 aromatic heterocycles. The van der Waals surface area contributed by atoms with Crippen molar-refractivity contribution in [2.75, 3.05) is 0 Å². The third kappa shape index (κ3) is 2.09. The van der Waals surface area contributed by atoms with Gasteiger partial charge in [0.1, 0.15) is 11.2 Å². The minimum absolute atomic E-state index is 0.485.